The zero-order valence-electron chi connectivity index (χ0n) is 12.2. The van der Waals surface area contributed by atoms with Gasteiger partial charge < -0.3 is 14.7 Å². The van der Waals surface area contributed by atoms with Crippen molar-refractivity contribution in [1.82, 2.24) is 4.31 Å². The Morgan fingerprint density at radius 1 is 1.32 bits per heavy atom. The molecule has 1 fully saturated rings. The Morgan fingerprint density at radius 3 is 2.64 bits per heavy atom. The summed E-state index contributed by atoms with van der Waals surface area (Å²) in [6, 6.07) is 4.08. The van der Waals surface area contributed by atoms with Crippen molar-refractivity contribution in [2.75, 3.05) is 38.3 Å². The first-order valence-electron chi connectivity index (χ1n) is 7.08. The van der Waals surface area contributed by atoms with E-state index in [1.165, 1.54) is 7.05 Å². The summed E-state index contributed by atoms with van der Waals surface area (Å²) >= 11 is 0. The highest BCUT2D eigenvalue weighted by atomic mass is 32.2. The zero-order chi connectivity index (χ0) is 15.9. The number of likely N-dealkylation sites (N-methyl/N-ethyl adjacent to an activating group) is 1. The van der Waals surface area contributed by atoms with Crippen molar-refractivity contribution < 1.29 is 23.1 Å². The van der Waals surface area contributed by atoms with Gasteiger partial charge in [-0.15, -0.1) is 0 Å². The summed E-state index contributed by atoms with van der Waals surface area (Å²) in [5, 5.41) is 9.25. The number of carboxylic acids is 1. The molecule has 8 heteroatoms. The van der Waals surface area contributed by atoms with E-state index >= 15 is 0 Å². The van der Waals surface area contributed by atoms with Gasteiger partial charge in [0.05, 0.1) is 18.1 Å². The predicted molar refractivity (Wildman–Crippen MR) is 79.6 cm³/mol. The second-order valence-electron chi connectivity index (χ2n) is 5.47. The third-order valence-electron chi connectivity index (χ3n) is 4.21. The number of sulfonamides is 1. The normalized spacial score (nSPS) is 24.8. The van der Waals surface area contributed by atoms with Gasteiger partial charge in [-0.25, -0.2) is 8.42 Å². The van der Waals surface area contributed by atoms with E-state index < -0.39 is 22.0 Å². The molecular formula is C14H18N2O5S. The lowest BCUT2D eigenvalue weighted by Gasteiger charge is -2.33. The van der Waals surface area contributed by atoms with Crippen LogP contribution in [0, 0.1) is 0 Å². The smallest absolute Gasteiger partial charge is 0.322 e. The van der Waals surface area contributed by atoms with Crippen molar-refractivity contribution in [1.29, 1.82) is 0 Å². The molecule has 2 heterocycles. The maximum absolute atomic E-state index is 12.4. The topological polar surface area (TPSA) is 87.2 Å². The largest absolute Gasteiger partial charge is 0.480 e. The van der Waals surface area contributed by atoms with Crippen LogP contribution in [0.2, 0.25) is 0 Å². The minimum atomic E-state index is -3.75. The van der Waals surface area contributed by atoms with Crippen LogP contribution in [-0.4, -0.2) is 63.2 Å². The van der Waals surface area contributed by atoms with Gasteiger partial charge in [-0.05, 0) is 23.8 Å². The van der Waals surface area contributed by atoms with Gasteiger partial charge in [-0.3, -0.25) is 4.79 Å². The van der Waals surface area contributed by atoms with Crippen LogP contribution < -0.4 is 4.90 Å². The highest BCUT2D eigenvalue weighted by Crippen LogP contribution is 2.32. The number of carbonyl (C=O) groups is 1. The second kappa shape index (κ2) is 5.53. The Labute approximate surface area is 129 Å². The van der Waals surface area contributed by atoms with Crippen LogP contribution >= 0.6 is 0 Å². The van der Waals surface area contributed by atoms with Gasteiger partial charge in [0.15, 0.2) is 0 Å². The second-order valence-corrected chi connectivity index (χ2v) is 7.44. The fraction of sp³-hybridized carbons (Fsp3) is 0.500. The maximum Gasteiger partial charge on any atom is 0.322 e. The van der Waals surface area contributed by atoms with Gasteiger partial charge in [0.1, 0.15) is 6.04 Å². The average molecular weight is 326 g/mol. The number of hydrogen-bond donors (Lipinski definition) is 1. The number of fused-ring (bicyclic) bond motifs is 1. The van der Waals surface area contributed by atoms with E-state index in [0.717, 1.165) is 23.1 Å². The van der Waals surface area contributed by atoms with E-state index in [1.807, 2.05) is 0 Å². The van der Waals surface area contributed by atoms with Gasteiger partial charge in [-0.1, -0.05) is 0 Å². The highest BCUT2D eigenvalue weighted by molar-refractivity contribution is 7.89. The molecule has 1 atom stereocenters. The Hall–Kier alpha value is -1.64. The first kappa shape index (κ1) is 15.3. The number of carboxylic acid groups (broad SMARTS) is 1. The molecule has 2 aliphatic heterocycles. The van der Waals surface area contributed by atoms with E-state index in [0.29, 0.717) is 18.8 Å². The average Bonchev–Trinajstić information content (AvgIpc) is 2.51. The Balaban J connectivity index is 2.01. The molecule has 0 aromatic heterocycles. The van der Waals surface area contributed by atoms with Crippen LogP contribution in [0.15, 0.2) is 23.1 Å². The monoisotopic (exact) mass is 326 g/mol. The van der Waals surface area contributed by atoms with E-state index in [9.17, 15) is 18.3 Å². The van der Waals surface area contributed by atoms with Crippen molar-refractivity contribution in [2.45, 2.75) is 17.4 Å². The minimum absolute atomic E-state index is 0.179. The molecule has 0 amide bonds. The molecule has 0 radical (unpaired) electrons. The van der Waals surface area contributed by atoms with Crippen LogP contribution in [0.5, 0.6) is 0 Å². The molecule has 0 aliphatic carbocycles. The molecule has 1 aromatic rings. The number of anilines is 1. The first-order chi connectivity index (χ1) is 10.4. The van der Waals surface area contributed by atoms with E-state index in [2.05, 4.69) is 4.90 Å². The van der Waals surface area contributed by atoms with Crippen LogP contribution in [0.3, 0.4) is 0 Å². The predicted octanol–water partition coefficient (Wildman–Crippen LogP) is 0.153. The molecule has 2 aliphatic rings. The van der Waals surface area contributed by atoms with E-state index in [4.69, 9.17) is 4.74 Å². The minimum Gasteiger partial charge on any atom is -0.480 e. The lowest BCUT2D eigenvalue weighted by Crippen LogP contribution is -2.47. The van der Waals surface area contributed by atoms with Gasteiger partial charge in [0.2, 0.25) is 10.0 Å². The molecule has 7 nitrogen and oxygen atoms in total. The van der Waals surface area contributed by atoms with Crippen molar-refractivity contribution in [3.8, 4) is 0 Å². The molecule has 0 saturated carbocycles. The summed E-state index contributed by atoms with van der Waals surface area (Å²) < 4.78 is 31.1. The van der Waals surface area contributed by atoms with Gasteiger partial charge in [-0.2, -0.15) is 4.31 Å². The number of morpholine rings is 1. The Kier molecular flexibility index (Phi) is 3.84. The quantitative estimate of drug-likeness (QED) is 0.833. The van der Waals surface area contributed by atoms with Gasteiger partial charge in [0, 0.05) is 32.2 Å². The Bertz CT molecular complexity index is 697. The fourth-order valence-corrected chi connectivity index (χ4v) is 4.42. The molecule has 3 rings (SSSR count). The maximum atomic E-state index is 12.4. The first-order valence-corrected chi connectivity index (χ1v) is 8.52. The van der Waals surface area contributed by atoms with Crippen LogP contribution in [-0.2, 0) is 26.0 Å². The number of aliphatic carboxylic acids is 1. The van der Waals surface area contributed by atoms with Crippen molar-refractivity contribution in [3.05, 3.63) is 23.8 Å². The van der Waals surface area contributed by atoms with Crippen molar-refractivity contribution >= 4 is 21.7 Å². The lowest BCUT2D eigenvalue weighted by atomic mass is 10.0. The van der Waals surface area contributed by atoms with Crippen LogP contribution in [0.1, 0.15) is 5.56 Å². The molecule has 120 valence electrons. The van der Waals surface area contributed by atoms with E-state index in [-0.39, 0.29) is 11.3 Å². The summed E-state index contributed by atoms with van der Waals surface area (Å²) in [6.45, 7) is 2.76. The number of ether oxygens (including phenoxy) is 1. The lowest BCUT2D eigenvalue weighted by molar-refractivity contribution is -0.141. The number of benzene rings is 1. The molecule has 1 aromatic carbocycles. The van der Waals surface area contributed by atoms with Crippen LogP contribution in [0.25, 0.3) is 0 Å². The summed E-state index contributed by atoms with van der Waals surface area (Å²) in [5.41, 5.74) is 1.47. The van der Waals surface area contributed by atoms with Crippen LogP contribution in [0.4, 0.5) is 5.69 Å². The summed E-state index contributed by atoms with van der Waals surface area (Å²) in [5.74, 6) is -1.13. The molecule has 22 heavy (non-hydrogen) atoms. The molecule has 1 unspecified atom stereocenters. The third-order valence-corrected chi connectivity index (χ3v) is 6.18. The molecule has 0 bridgehead atoms. The highest BCUT2D eigenvalue weighted by Gasteiger charge is 2.39. The summed E-state index contributed by atoms with van der Waals surface area (Å²) in [4.78, 5) is 13.6. The molecular weight excluding hydrogens is 308 g/mol. The fourth-order valence-electron chi connectivity index (χ4n) is 2.90. The standard InChI is InChI=1S/C14H18N2O5S/c1-15-12(14(17)18)9-10-8-11(16-4-6-21-7-5-16)2-3-13(10)22(15,19)20/h2-3,8,12H,4-7,9H2,1H3,(H,17,18). The number of hydrogen-bond acceptors (Lipinski definition) is 5. The van der Waals surface area contributed by atoms with Gasteiger partial charge in [0.25, 0.3) is 0 Å². The third kappa shape index (κ3) is 2.47. The SMILES string of the molecule is CN1C(C(=O)O)Cc2cc(N3CCOCC3)ccc2S1(=O)=O. The van der Waals surface area contributed by atoms with Crippen molar-refractivity contribution in [2.24, 2.45) is 0 Å². The molecule has 0 spiro atoms. The number of nitrogens with zero attached hydrogens (tertiary/aromatic N) is 2. The Morgan fingerprint density at radius 2 is 2.00 bits per heavy atom. The van der Waals surface area contributed by atoms with Crippen molar-refractivity contribution in [3.63, 3.8) is 0 Å². The summed E-state index contributed by atoms with van der Waals surface area (Å²) in [6.07, 6.45) is 0.179. The molecule has 1 saturated heterocycles. The number of rotatable bonds is 2. The van der Waals surface area contributed by atoms with E-state index in [1.54, 1.807) is 18.2 Å². The molecule has 1 N–H and O–H groups in total. The van der Waals surface area contributed by atoms with Gasteiger partial charge >= 0.3 is 5.97 Å². The zero-order valence-corrected chi connectivity index (χ0v) is 13.0. The summed E-state index contributed by atoms with van der Waals surface area (Å²) in [7, 11) is -2.44.